The average molecular weight is 294 g/mol. The lowest BCUT2D eigenvalue weighted by atomic mass is 10.1. The molecule has 0 fully saturated rings. The Balaban J connectivity index is 1.68. The Morgan fingerprint density at radius 1 is 1.27 bits per heavy atom. The van der Waals surface area contributed by atoms with E-state index in [1.807, 2.05) is 30.3 Å². The molecule has 0 atom stereocenters. The van der Waals surface area contributed by atoms with E-state index in [4.69, 9.17) is 4.74 Å². The number of carbonyl (C=O) groups is 1. The number of anilines is 1. The standard InChI is InChI=1S/C16H14N4O2/c21-15(12-10-18-20-8-3-9-22-16(12)20)19-14-6-1-5-13-11(14)4-2-7-17-13/h1-2,4-7,10H,3,8-9H2,(H,19,21). The fourth-order valence-electron chi connectivity index (χ4n) is 2.63. The molecule has 6 heteroatoms. The molecule has 1 aromatic carbocycles. The molecule has 1 N–H and O–H groups in total. The molecule has 2 aromatic heterocycles. The van der Waals surface area contributed by atoms with Gasteiger partial charge < -0.3 is 10.1 Å². The molecule has 0 aliphatic carbocycles. The number of hydrogen-bond donors (Lipinski definition) is 1. The van der Waals surface area contributed by atoms with Crippen molar-refractivity contribution in [3.8, 4) is 5.88 Å². The number of amides is 1. The number of aryl methyl sites for hydroxylation is 1. The molecule has 1 aliphatic heterocycles. The van der Waals surface area contributed by atoms with Crippen molar-refractivity contribution in [3.63, 3.8) is 0 Å². The highest BCUT2D eigenvalue weighted by Gasteiger charge is 2.22. The van der Waals surface area contributed by atoms with Crippen molar-refractivity contribution in [2.24, 2.45) is 0 Å². The third kappa shape index (κ3) is 2.09. The summed E-state index contributed by atoms with van der Waals surface area (Å²) in [4.78, 5) is 16.8. The van der Waals surface area contributed by atoms with E-state index in [0.717, 1.165) is 29.6 Å². The van der Waals surface area contributed by atoms with Gasteiger partial charge in [0.15, 0.2) is 0 Å². The Bertz CT molecular complexity index is 851. The summed E-state index contributed by atoms with van der Waals surface area (Å²) < 4.78 is 7.29. The molecule has 110 valence electrons. The minimum absolute atomic E-state index is 0.223. The number of rotatable bonds is 2. The maximum absolute atomic E-state index is 12.5. The number of nitrogens with zero attached hydrogens (tertiary/aromatic N) is 3. The molecule has 0 bridgehead atoms. The summed E-state index contributed by atoms with van der Waals surface area (Å²) in [5.41, 5.74) is 2.03. The highest BCUT2D eigenvalue weighted by molar-refractivity contribution is 6.09. The maximum atomic E-state index is 12.5. The summed E-state index contributed by atoms with van der Waals surface area (Å²) in [6, 6.07) is 9.42. The molecule has 4 rings (SSSR count). The number of ether oxygens (including phenoxy) is 1. The van der Waals surface area contributed by atoms with Gasteiger partial charge >= 0.3 is 0 Å². The van der Waals surface area contributed by atoms with Crippen molar-refractivity contribution in [2.45, 2.75) is 13.0 Å². The molecule has 3 heterocycles. The number of hydrogen-bond acceptors (Lipinski definition) is 4. The lowest BCUT2D eigenvalue weighted by Crippen LogP contribution is -2.18. The third-order valence-corrected chi connectivity index (χ3v) is 3.68. The Morgan fingerprint density at radius 3 is 3.18 bits per heavy atom. The van der Waals surface area contributed by atoms with E-state index >= 15 is 0 Å². The number of fused-ring (bicyclic) bond motifs is 2. The topological polar surface area (TPSA) is 69.0 Å². The Morgan fingerprint density at radius 2 is 2.23 bits per heavy atom. The zero-order chi connectivity index (χ0) is 14.9. The van der Waals surface area contributed by atoms with Gasteiger partial charge in [-0.05, 0) is 24.3 Å². The van der Waals surface area contributed by atoms with Crippen molar-refractivity contribution in [1.82, 2.24) is 14.8 Å². The molecule has 1 aliphatic rings. The highest BCUT2D eigenvalue weighted by atomic mass is 16.5. The van der Waals surface area contributed by atoms with E-state index in [1.165, 1.54) is 0 Å². The van der Waals surface area contributed by atoms with Crippen LogP contribution in [0.2, 0.25) is 0 Å². The second kappa shape index (κ2) is 5.14. The SMILES string of the molecule is O=C(Nc1cccc2ncccc12)c1cnn2c1OCCC2. The lowest BCUT2D eigenvalue weighted by Gasteiger charge is -2.16. The predicted octanol–water partition coefficient (Wildman–Crippen LogP) is 2.47. The van der Waals surface area contributed by atoms with Crippen LogP contribution in [-0.2, 0) is 6.54 Å². The zero-order valence-corrected chi connectivity index (χ0v) is 11.8. The van der Waals surface area contributed by atoms with Gasteiger partial charge in [0.05, 0.1) is 24.0 Å². The normalized spacial score (nSPS) is 13.5. The molecule has 0 spiro atoms. The smallest absolute Gasteiger partial charge is 0.262 e. The molecular formula is C16H14N4O2. The van der Waals surface area contributed by atoms with Crippen LogP contribution in [0, 0.1) is 0 Å². The number of benzene rings is 1. The van der Waals surface area contributed by atoms with Crippen LogP contribution in [0.15, 0.2) is 42.7 Å². The lowest BCUT2D eigenvalue weighted by molar-refractivity contribution is 0.102. The fourth-order valence-corrected chi connectivity index (χ4v) is 2.63. The summed E-state index contributed by atoms with van der Waals surface area (Å²) in [7, 11) is 0. The largest absolute Gasteiger partial charge is 0.477 e. The van der Waals surface area contributed by atoms with Crippen LogP contribution in [-0.4, -0.2) is 27.3 Å². The van der Waals surface area contributed by atoms with Gasteiger partial charge in [0.25, 0.3) is 5.91 Å². The van der Waals surface area contributed by atoms with Gasteiger partial charge in [0.1, 0.15) is 5.56 Å². The van der Waals surface area contributed by atoms with E-state index in [1.54, 1.807) is 17.1 Å². The van der Waals surface area contributed by atoms with Gasteiger partial charge in [-0.25, -0.2) is 4.68 Å². The van der Waals surface area contributed by atoms with Crippen LogP contribution in [0.5, 0.6) is 5.88 Å². The molecule has 1 amide bonds. The minimum Gasteiger partial charge on any atom is -0.477 e. The molecule has 0 saturated carbocycles. The number of carbonyl (C=O) groups excluding carboxylic acids is 1. The van der Waals surface area contributed by atoms with Gasteiger partial charge in [-0.2, -0.15) is 5.10 Å². The number of pyridine rings is 1. The van der Waals surface area contributed by atoms with Crippen molar-refractivity contribution in [1.29, 1.82) is 0 Å². The maximum Gasteiger partial charge on any atom is 0.262 e. The van der Waals surface area contributed by atoms with Crippen LogP contribution >= 0.6 is 0 Å². The molecule has 0 radical (unpaired) electrons. The first-order valence-electron chi connectivity index (χ1n) is 7.16. The van der Waals surface area contributed by atoms with E-state index in [0.29, 0.717) is 18.1 Å². The van der Waals surface area contributed by atoms with E-state index < -0.39 is 0 Å². The van der Waals surface area contributed by atoms with E-state index in [2.05, 4.69) is 15.4 Å². The Labute approximate surface area is 126 Å². The van der Waals surface area contributed by atoms with Gasteiger partial charge in [0.2, 0.25) is 5.88 Å². The summed E-state index contributed by atoms with van der Waals surface area (Å²) in [5, 5.41) is 8.03. The second-order valence-electron chi connectivity index (χ2n) is 5.12. The summed E-state index contributed by atoms with van der Waals surface area (Å²) in [6.45, 7) is 1.39. The van der Waals surface area contributed by atoms with Crippen molar-refractivity contribution in [2.75, 3.05) is 11.9 Å². The minimum atomic E-state index is -0.223. The zero-order valence-electron chi connectivity index (χ0n) is 11.8. The summed E-state index contributed by atoms with van der Waals surface area (Å²) in [5.74, 6) is 0.321. The Kier molecular flexibility index (Phi) is 3.00. The monoisotopic (exact) mass is 294 g/mol. The first kappa shape index (κ1) is 12.8. The molecule has 3 aromatic rings. The highest BCUT2D eigenvalue weighted by Crippen LogP contribution is 2.25. The quantitative estimate of drug-likeness (QED) is 0.788. The van der Waals surface area contributed by atoms with Crippen LogP contribution in [0.1, 0.15) is 16.8 Å². The van der Waals surface area contributed by atoms with Gasteiger partial charge in [-0.15, -0.1) is 0 Å². The molecule has 22 heavy (non-hydrogen) atoms. The molecular weight excluding hydrogens is 280 g/mol. The van der Waals surface area contributed by atoms with E-state index in [9.17, 15) is 4.79 Å². The fraction of sp³-hybridized carbons (Fsp3) is 0.188. The van der Waals surface area contributed by atoms with Gasteiger partial charge in [0, 0.05) is 24.5 Å². The molecule has 0 unspecified atom stereocenters. The summed E-state index contributed by atoms with van der Waals surface area (Å²) >= 11 is 0. The van der Waals surface area contributed by atoms with E-state index in [-0.39, 0.29) is 5.91 Å². The predicted molar refractivity (Wildman–Crippen MR) is 82.0 cm³/mol. The summed E-state index contributed by atoms with van der Waals surface area (Å²) in [6.07, 6.45) is 4.19. The third-order valence-electron chi connectivity index (χ3n) is 3.68. The van der Waals surface area contributed by atoms with Crippen LogP contribution in [0.4, 0.5) is 5.69 Å². The first-order valence-corrected chi connectivity index (χ1v) is 7.16. The van der Waals surface area contributed by atoms with Crippen molar-refractivity contribution in [3.05, 3.63) is 48.3 Å². The van der Waals surface area contributed by atoms with Crippen LogP contribution in [0.3, 0.4) is 0 Å². The number of aromatic nitrogens is 3. The van der Waals surface area contributed by atoms with Crippen molar-refractivity contribution >= 4 is 22.5 Å². The van der Waals surface area contributed by atoms with Crippen molar-refractivity contribution < 1.29 is 9.53 Å². The molecule has 6 nitrogen and oxygen atoms in total. The van der Waals surface area contributed by atoms with Crippen LogP contribution in [0.25, 0.3) is 10.9 Å². The Hall–Kier alpha value is -2.89. The first-order chi connectivity index (χ1) is 10.8. The average Bonchev–Trinajstić information content (AvgIpc) is 2.99. The second-order valence-corrected chi connectivity index (χ2v) is 5.12. The van der Waals surface area contributed by atoms with Crippen LogP contribution < -0.4 is 10.1 Å². The number of nitrogens with one attached hydrogen (secondary N) is 1. The molecule has 0 saturated heterocycles. The van der Waals surface area contributed by atoms with Gasteiger partial charge in [-0.3, -0.25) is 9.78 Å². The van der Waals surface area contributed by atoms with Gasteiger partial charge in [-0.1, -0.05) is 6.07 Å².